The van der Waals surface area contributed by atoms with Crippen LogP contribution in [0.1, 0.15) is 29.5 Å². The number of hydrogen-bond acceptors (Lipinski definition) is 32. The highest BCUT2D eigenvalue weighted by Crippen LogP contribution is 2.34. The maximum absolute atomic E-state index is 15.2. The Labute approximate surface area is 592 Å². The topological polar surface area (TPSA) is 594 Å². The zero-order chi connectivity index (χ0) is 75.0. The van der Waals surface area contributed by atoms with E-state index in [0.29, 0.717) is 11.3 Å². The summed E-state index contributed by atoms with van der Waals surface area (Å²) in [4.78, 5) is 96.7. The van der Waals surface area contributed by atoms with E-state index in [4.69, 9.17) is 44.6 Å². The number of guanidine groups is 2. The highest BCUT2D eigenvalue weighted by Gasteiger charge is 2.54. The van der Waals surface area contributed by atoms with Gasteiger partial charge in [0.25, 0.3) is 0 Å². The third-order valence-corrected chi connectivity index (χ3v) is 19.1. The molecule has 4 saturated heterocycles. The van der Waals surface area contributed by atoms with E-state index < -0.39 is 233 Å². The van der Waals surface area contributed by atoms with Gasteiger partial charge in [0.15, 0.2) is 24.4 Å². The first-order valence-electron chi connectivity index (χ1n) is 33.4. The summed E-state index contributed by atoms with van der Waals surface area (Å²) in [5, 5.41) is 163. The molecular weight excluding hydrogens is 1380 g/mol. The lowest BCUT2D eigenvalue weighted by Crippen LogP contribution is -2.70. The second kappa shape index (κ2) is 34.5. The van der Waals surface area contributed by atoms with E-state index in [1.54, 1.807) is 56.5 Å². The molecule has 6 amide bonds. The zero-order valence-corrected chi connectivity index (χ0v) is 56.1. The molecule has 0 bridgehead atoms. The van der Waals surface area contributed by atoms with E-state index in [0.717, 1.165) is 21.2 Å². The average Bonchev–Trinajstić information content (AvgIpc) is 1.59. The van der Waals surface area contributed by atoms with Gasteiger partial charge in [0.05, 0.1) is 71.9 Å². The van der Waals surface area contributed by atoms with Crippen molar-refractivity contribution in [1.82, 2.24) is 42.1 Å². The summed E-state index contributed by atoms with van der Waals surface area (Å²) in [5.74, 6) is -8.37. The molecule has 4 aromatic rings. The molecule has 0 spiro atoms. The molecule has 25 atom stereocenters. The Morgan fingerprint density at radius 1 is 0.577 bits per heavy atom. The number of aliphatic hydroxyl groups is 13. The van der Waals surface area contributed by atoms with Crippen LogP contribution in [-0.4, -0.2) is 318 Å². The number of carbonyl (C=O) groups excluding carboxylic acids is 6. The molecule has 4 fully saturated rings. The van der Waals surface area contributed by atoms with Crippen molar-refractivity contribution >= 4 is 58.1 Å². The number of nitrogens with zero attached hydrogens (tertiary/aromatic N) is 3. The monoisotopic (exact) mass is 1460 g/mol. The summed E-state index contributed by atoms with van der Waals surface area (Å²) in [6.45, 7) is -3.48. The van der Waals surface area contributed by atoms with Crippen molar-refractivity contribution in [2.24, 2.45) is 21.5 Å². The van der Waals surface area contributed by atoms with Crippen molar-refractivity contribution in [3.05, 3.63) is 108 Å². The second-order valence-electron chi connectivity index (χ2n) is 25.9. The van der Waals surface area contributed by atoms with Gasteiger partial charge in [-0.05, 0) is 40.3 Å². The summed E-state index contributed by atoms with van der Waals surface area (Å²) in [6, 6.07) is 11.8. The molecule has 0 radical (unpaired) electrons. The SMILES string of the molecule is COc1ccc(COC[C@H]2O[C@H](O[C@H]3[C@H](O)[C@H](O)[C@@H](Oc4ccc(C[C@H]5NC(=O)[C@H]([C@@H](C)c6ccccc6)NC(=O)CNC(=O)[C@H](CO)NC(=O)[C@@H]([C@@H](O)[C@@H]6CN=C(N)N6[C@H]6O[C@H](CO)[C@@H](O)[C@H](O)[C@@H]6O)NC(=O)[C@H]([C@@H](O)[C@@H]6CN=C(N)N6)NC5=O)cc4)O[C@@H]3CO)[C@@H](O)[C@@H](O)[C@@H]2O)c2ccccc12. The molecule has 104 heavy (non-hydrogen) atoms. The van der Waals surface area contributed by atoms with E-state index >= 15 is 9.59 Å². The number of fused-ring (bicyclic) bond motifs is 1. The zero-order valence-electron chi connectivity index (χ0n) is 56.1. The summed E-state index contributed by atoms with van der Waals surface area (Å²) >= 11 is 0. The van der Waals surface area contributed by atoms with Crippen molar-refractivity contribution in [2.75, 3.05) is 53.2 Å². The molecule has 4 aromatic carbocycles. The van der Waals surface area contributed by atoms with Crippen LogP contribution in [0.3, 0.4) is 0 Å². The molecule has 6 aliphatic heterocycles. The minimum Gasteiger partial charge on any atom is -0.496 e. The maximum Gasteiger partial charge on any atom is 0.246 e. The third-order valence-electron chi connectivity index (χ3n) is 19.1. The Kier molecular flexibility index (Phi) is 25.9. The summed E-state index contributed by atoms with van der Waals surface area (Å²) in [6.07, 6.45) is -31.6. The normalized spacial score (nSPS) is 34.3. The molecule has 10 rings (SSSR count). The largest absolute Gasteiger partial charge is 0.496 e. The molecule has 0 saturated carbocycles. The molecule has 38 heteroatoms. The number of carbonyl (C=O) groups is 6. The third kappa shape index (κ3) is 17.3. The molecule has 0 aliphatic carbocycles. The second-order valence-corrected chi connectivity index (χ2v) is 25.9. The highest BCUT2D eigenvalue weighted by atomic mass is 16.7. The summed E-state index contributed by atoms with van der Waals surface area (Å²) < 4.78 is 40.8. The maximum atomic E-state index is 15.2. The van der Waals surface area contributed by atoms with Crippen molar-refractivity contribution in [3.8, 4) is 11.5 Å². The molecule has 0 unspecified atom stereocenters. The van der Waals surface area contributed by atoms with Gasteiger partial charge in [-0.2, -0.15) is 0 Å². The van der Waals surface area contributed by atoms with Gasteiger partial charge in [0, 0.05) is 17.7 Å². The highest BCUT2D eigenvalue weighted by molar-refractivity contribution is 5.99. The van der Waals surface area contributed by atoms with Crippen LogP contribution in [0.4, 0.5) is 0 Å². The molecule has 0 aromatic heterocycles. The van der Waals surface area contributed by atoms with Gasteiger partial charge in [-0.15, -0.1) is 0 Å². The molecule has 24 N–H and O–H groups in total. The van der Waals surface area contributed by atoms with Gasteiger partial charge in [-0.3, -0.25) is 38.8 Å². The first kappa shape index (κ1) is 78.0. The van der Waals surface area contributed by atoms with Gasteiger partial charge >= 0.3 is 0 Å². The number of ether oxygens (including phenoxy) is 7. The van der Waals surface area contributed by atoms with Gasteiger partial charge in [0.2, 0.25) is 41.7 Å². The first-order valence-corrected chi connectivity index (χ1v) is 33.4. The molecule has 38 nitrogen and oxygen atoms in total. The van der Waals surface area contributed by atoms with Crippen molar-refractivity contribution < 1.29 is 128 Å². The number of hydrogen-bond donors (Lipinski definition) is 22. The average molecular weight is 1470 g/mol. The van der Waals surface area contributed by atoms with Gasteiger partial charge in [0.1, 0.15) is 127 Å². The fourth-order valence-electron chi connectivity index (χ4n) is 13.1. The van der Waals surface area contributed by atoms with Gasteiger partial charge < -0.3 is 153 Å². The first-order chi connectivity index (χ1) is 49.7. The standard InChI is InChI=1S/C66H88N12O26/c1-27(29-8-4-3-5-9-29)43-59(95)72-34(18-28-12-15-31(16-13-28)100-63-55(92)52(89)56(40(24-81)102-63)104-64-54(91)51(88)49(86)41(103-64)26-99-25-30-14-17-38(98-2)33-11-7-6-10-32(30)33)58(94)76-44(46(83)35-19-70-65(67)74-35)61(97)77-45(60(96)73-36(22-79)57(93)69-21-42(82)75-43)47(84)37-20-71-66(68)78(37)62-53(90)50(87)48(85)39(23-80)101-62/h3-17,27,34-37,39-41,43-56,62-64,79-81,83-92H,18-26H2,1-2H3,(H2,68,71)(H,69,93)(H,72,95)(H,73,96)(H,75,82)(H,76,94)(H,77,97)(H3,67,70,74)/t27-,34+,35-,36-,37-,39+,40+,41+,43-,44-,45+,46-,47-,48+,49+,50-,51-,52+,53-,54-,55-,56+,62-,63-,64+/m0/s1. The Morgan fingerprint density at radius 3 is 1.87 bits per heavy atom. The number of benzene rings is 4. The predicted molar refractivity (Wildman–Crippen MR) is 356 cm³/mol. The van der Waals surface area contributed by atoms with Crippen LogP contribution in [-0.2, 0) is 65.5 Å². The molecule has 6 heterocycles. The van der Waals surface area contributed by atoms with Crippen molar-refractivity contribution in [1.29, 1.82) is 0 Å². The van der Waals surface area contributed by atoms with Crippen LogP contribution >= 0.6 is 0 Å². The van der Waals surface area contributed by atoms with Crippen LogP contribution in [0.5, 0.6) is 11.5 Å². The van der Waals surface area contributed by atoms with E-state index in [2.05, 4.69) is 47.2 Å². The van der Waals surface area contributed by atoms with E-state index in [1.165, 1.54) is 24.3 Å². The van der Waals surface area contributed by atoms with Crippen LogP contribution in [0.25, 0.3) is 10.8 Å². The fraction of sp³-hybridized carbons (Fsp3) is 0.545. The summed E-state index contributed by atoms with van der Waals surface area (Å²) in [7, 11) is 1.54. The number of amides is 6. The minimum atomic E-state index is -2.35. The smallest absolute Gasteiger partial charge is 0.246 e. The molecular formula is C66H88N12O26. The number of nitrogens with one attached hydrogen (secondary N) is 7. The van der Waals surface area contributed by atoms with Crippen molar-refractivity contribution in [3.63, 3.8) is 0 Å². The lowest BCUT2D eigenvalue weighted by Gasteiger charge is -2.46. The number of nitrogens with two attached hydrogens (primary N) is 2. The number of methoxy groups -OCH3 is 1. The van der Waals surface area contributed by atoms with Crippen LogP contribution in [0.15, 0.2) is 101 Å². The fourth-order valence-corrected chi connectivity index (χ4v) is 13.1. The van der Waals surface area contributed by atoms with E-state index in [-0.39, 0.29) is 37.0 Å². The van der Waals surface area contributed by atoms with Crippen LogP contribution < -0.4 is 58.2 Å². The summed E-state index contributed by atoms with van der Waals surface area (Å²) in [5.41, 5.74) is 13.6. The van der Waals surface area contributed by atoms with Crippen LogP contribution in [0, 0.1) is 0 Å². The van der Waals surface area contributed by atoms with Gasteiger partial charge in [-0.25, -0.2) is 0 Å². The van der Waals surface area contributed by atoms with Crippen LogP contribution in [0.2, 0.25) is 0 Å². The Hall–Kier alpha value is -8.62. The Morgan fingerprint density at radius 2 is 1.19 bits per heavy atom. The quantitative estimate of drug-likeness (QED) is 0.0368. The molecule has 6 aliphatic rings. The van der Waals surface area contributed by atoms with E-state index in [9.17, 15) is 85.6 Å². The lowest BCUT2D eigenvalue weighted by molar-refractivity contribution is -0.353. The Balaban J connectivity index is 0.895. The molecule has 568 valence electrons. The lowest BCUT2D eigenvalue weighted by atomic mass is 9.92. The van der Waals surface area contributed by atoms with Crippen molar-refractivity contribution in [2.45, 2.75) is 172 Å². The number of rotatable bonds is 21. The minimum absolute atomic E-state index is 0.0196. The predicted octanol–water partition coefficient (Wildman–Crippen LogP) is -10.2. The van der Waals surface area contributed by atoms with Gasteiger partial charge in [-0.1, -0.05) is 79.7 Å². The van der Waals surface area contributed by atoms with E-state index in [1.807, 2.05) is 24.3 Å². The number of aliphatic imine (C=N–C) groups is 2. The Bertz CT molecular complexity index is 3700. The number of aliphatic hydroxyl groups excluding tert-OH is 13.